The summed E-state index contributed by atoms with van der Waals surface area (Å²) in [6.07, 6.45) is 0. The van der Waals surface area contributed by atoms with E-state index in [1.807, 2.05) is 26.0 Å². The number of hydrogen-bond acceptors (Lipinski definition) is 4. The molecule has 2 N–H and O–H groups in total. The minimum atomic E-state index is -3.53. The van der Waals surface area contributed by atoms with Gasteiger partial charge in [0.1, 0.15) is 5.75 Å². The van der Waals surface area contributed by atoms with Crippen molar-refractivity contribution in [2.75, 3.05) is 45.2 Å². The third-order valence-electron chi connectivity index (χ3n) is 5.04. The maximum absolute atomic E-state index is 12.8. The molecule has 0 spiro atoms. The number of sulfonamides is 1. The fourth-order valence-corrected chi connectivity index (χ4v) is 5.04. The number of piperazine rings is 1. The van der Waals surface area contributed by atoms with Gasteiger partial charge in [-0.15, -0.1) is 0 Å². The molecule has 0 aliphatic carbocycles. The highest BCUT2D eigenvalue weighted by Crippen LogP contribution is 2.19. The number of aryl methyl sites for hydroxylation is 2. The second-order valence-electron chi connectivity index (χ2n) is 7.43. The number of ether oxygens (including phenoxy) is 1. The van der Waals surface area contributed by atoms with Gasteiger partial charge in [-0.2, -0.15) is 4.31 Å². The average Bonchev–Trinajstić information content (AvgIpc) is 2.67. The van der Waals surface area contributed by atoms with E-state index in [4.69, 9.17) is 4.74 Å². The van der Waals surface area contributed by atoms with Gasteiger partial charge in [-0.1, -0.05) is 6.07 Å². The van der Waals surface area contributed by atoms with E-state index in [1.54, 1.807) is 31.4 Å². The number of amides is 1. The lowest BCUT2D eigenvalue weighted by atomic mass is 10.1. The number of hydrogen-bond donors (Lipinski definition) is 2. The van der Waals surface area contributed by atoms with E-state index in [2.05, 4.69) is 11.4 Å². The molecule has 3 rings (SSSR count). The molecule has 1 heterocycles. The minimum absolute atomic E-state index is 0.0588. The van der Waals surface area contributed by atoms with E-state index in [0.717, 1.165) is 21.7 Å². The molecule has 0 saturated carbocycles. The van der Waals surface area contributed by atoms with Crippen LogP contribution in [0.3, 0.4) is 0 Å². The van der Waals surface area contributed by atoms with E-state index in [9.17, 15) is 13.2 Å². The van der Waals surface area contributed by atoms with Crippen LogP contribution in [-0.2, 0) is 14.8 Å². The number of nitrogens with one attached hydrogen (secondary N) is 2. The predicted molar refractivity (Wildman–Crippen MR) is 112 cm³/mol. The highest BCUT2D eigenvalue weighted by Gasteiger charge is 2.31. The second kappa shape index (κ2) is 8.94. The zero-order valence-electron chi connectivity index (χ0n) is 17.1. The van der Waals surface area contributed by atoms with E-state index >= 15 is 0 Å². The second-order valence-corrected chi connectivity index (χ2v) is 9.37. The lowest BCUT2D eigenvalue weighted by Gasteiger charge is -2.31. The van der Waals surface area contributed by atoms with Gasteiger partial charge in [0.2, 0.25) is 10.0 Å². The quantitative estimate of drug-likeness (QED) is 0.729. The Morgan fingerprint density at radius 2 is 1.66 bits per heavy atom. The zero-order chi connectivity index (χ0) is 21.0. The lowest BCUT2D eigenvalue weighted by molar-refractivity contribution is -0.895. The Labute approximate surface area is 172 Å². The summed E-state index contributed by atoms with van der Waals surface area (Å²) in [4.78, 5) is 13.7. The Hall–Kier alpha value is -2.42. The molecule has 1 saturated heterocycles. The number of carbonyl (C=O) groups is 1. The summed E-state index contributed by atoms with van der Waals surface area (Å²) in [7, 11) is -1.99. The van der Waals surface area contributed by atoms with Gasteiger partial charge in [-0.3, -0.25) is 4.79 Å². The van der Waals surface area contributed by atoms with Gasteiger partial charge in [0.05, 0.1) is 38.2 Å². The number of quaternary nitrogens is 1. The van der Waals surface area contributed by atoms with Crippen LogP contribution < -0.4 is 15.0 Å². The smallest absolute Gasteiger partial charge is 0.279 e. The summed E-state index contributed by atoms with van der Waals surface area (Å²) < 4.78 is 32.2. The summed E-state index contributed by atoms with van der Waals surface area (Å²) >= 11 is 0. The molecule has 156 valence electrons. The van der Waals surface area contributed by atoms with Crippen LogP contribution in [0.15, 0.2) is 47.4 Å². The molecule has 1 amide bonds. The summed E-state index contributed by atoms with van der Waals surface area (Å²) in [5.41, 5.74) is 3.00. The Bertz CT molecular complexity index is 946. The largest absolute Gasteiger partial charge is 0.497 e. The van der Waals surface area contributed by atoms with Gasteiger partial charge in [-0.25, -0.2) is 8.42 Å². The monoisotopic (exact) mass is 418 g/mol. The van der Waals surface area contributed by atoms with E-state index in [0.29, 0.717) is 38.5 Å². The Morgan fingerprint density at radius 3 is 2.21 bits per heavy atom. The number of anilines is 1. The van der Waals surface area contributed by atoms with Gasteiger partial charge in [0.15, 0.2) is 6.54 Å². The maximum atomic E-state index is 12.8. The van der Waals surface area contributed by atoms with Crippen molar-refractivity contribution < 1.29 is 22.8 Å². The highest BCUT2D eigenvalue weighted by molar-refractivity contribution is 7.89. The van der Waals surface area contributed by atoms with E-state index < -0.39 is 10.0 Å². The molecule has 0 atom stereocenters. The SMILES string of the molecule is COc1ccc(S(=O)(=O)N2CC[NH+](CC(=O)Nc3cc(C)cc(C)c3)CC2)cc1. The lowest BCUT2D eigenvalue weighted by Crippen LogP contribution is -3.15. The number of benzene rings is 2. The van der Waals surface area contributed by atoms with Crippen LogP contribution in [0.4, 0.5) is 5.69 Å². The zero-order valence-corrected chi connectivity index (χ0v) is 17.9. The minimum Gasteiger partial charge on any atom is -0.497 e. The molecule has 29 heavy (non-hydrogen) atoms. The molecular formula is C21H28N3O4S+. The molecule has 7 nitrogen and oxygen atoms in total. The van der Waals surface area contributed by atoms with Crippen molar-refractivity contribution in [3.05, 3.63) is 53.6 Å². The first-order valence-corrected chi connectivity index (χ1v) is 11.1. The summed E-state index contributed by atoms with van der Waals surface area (Å²) in [5, 5.41) is 2.95. The number of rotatable bonds is 6. The topological polar surface area (TPSA) is 80.2 Å². The molecule has 1 aliphatic heterocycles. The number of carbonyl (C=O) groups excluding carboxylic acids is 1. The van der Waals surface area contributed by atoms with Crippen LogP contribution in [0.2, 0.25) is 0 Å². The van der Waals surface area contributed by atoms with Crippen LogP contribution in [0.5, 0.6) is 5.75 Å². The first-order chi connectivity index (χ1) is 13.8. The van der Waals surface area contributed by atoms with Crippen molar-refractivity contribution in [1.29, 1.82) is 0 Å². The summed E-state index contributed by atoms with van der Waals surface area (Å²) in [5.74, 6) is 0.560. The summed E-state index contributed by atoms with van der Waals surface area (Å²) in [6, 6.07) is 12.4. The molecule has 2 aromatic rings. The molecule has 0 radical (unpaired) electrons. The molecule has 8 heteroatoms. The van der Waals surface area contributed by atoms with Gasteiger partial charge in [0, 0.05) is 5.69 Å². The van der Waals surface area contributed by atoms with Crippen LogP contribution in [0.25, 0.3) is 0 Å². The Kier molecular flexibility index (Phi) is 6.56. The Morgan fingerprint density at radius 1 is 1.07 bits per heavy atom. The van der Waals surface area contributed by atoms with Crippen LogP contribution in [0.1, 0.15) is 11.1 Å². The fraction of sp³-hybridized carbons (Fsp3) is 0.381. The van der Waals surface area contributed by atoms with Crippen molar-refractivity contribution >= 4 is 21.6 Å². The molecule has 0 bridgehead atoms. The molecule has 0 unspecified atom stereocenters. The van der Waals surface area contributed by atoms with Crippen molar-refractivity contribution in [1.82, 2.24) is 4.31 Å². The van der Waals surface area contributed by atoms with E-state index in [1.165, 1.54) is 4.31 Å². The van der Waals surface area contributed by atoms with Gasteiger partial charge in [-0.05, 0) is 61.4 Å². The first kappa shape index (κ1) is 21.3. The molecular weight excluding hydrogens is 390 g/mol. The van der Waals surface area contributed by atoms with Crippen LogP contribution in [-0.4, -0.2) is 58.5 Å². The Balaban J connectivity index is 1.54. The third-order valence-corrected chi connectivity index (χ3v) is 6.96. The third kappa shape index (κ3) is 5.35. The fourth-order valence-electron chi connectivity index (χ4n) is 3.60. The van der Waals surface area contributed by atoms with Gasteiger partial charge in [0.25, 0.3) is 5.91 Å². The summed E-state index contributed by atoms with van der Waals surface area (Å²) in [6.45, 7) is 6.28. The molecule has 2 aromatic carbocycles. The average molecular weight is 419 g/mol. The highest BCUT2D eigenvalue weighted by atomic mass is 32.2. The normalized spacial score (nSPS) is 15.8. The number of methoxy groups -OCH3 is 1. The number of nitrogens with zero attached hydrogens (tertiary/aromatic N) is 1. The van der Waals surface area contributed by atoms with Crippen molar-refractivity contribution in [2.24, 2.45) is 0 Å². The van der Waals surface area contributed by atoms with Crippen LogP contribution >= 0.6 is 0 Å². The standard InChI is InChI=1S/C21H27N3O4S/c1-16-12-17(2)14-18(13-16)22-21(25)15-23-8-10-24(11-9-23)29(26,27)20-6-4-19(28-3)5-7-20/h4-7,12-14H,8-11,15H2,1-3H3,(H,22,25)/p+1. The van der Waals surface area contributed by atoms with Crippen molar-refractivity contribution in [3.8, 4) is 5.75 Å². The maximum Gasteiger partial charge on any atom is 0.279 e. The van der Waals surface area contributed by atoms with E-state index in [-0.39, 0.29) is 10.8 Å². The first-order valence-electron chi connectivity index (χ1n) is 9.64. The molecule has 0 aromatic heterocycles. The van der Waals surface area contributed by atoms with Gasteiger partial charge < -0.3 is 15.0 Å². The predicted octanol–water partition coefficient (Wildman–Crippen LogP) is 0.840. The van der Waals surface area contributed by atoms with Crippen LogP contribution in [0, 0.1) is 13.8 Å². The van der Waals surface area contributed by atoms with Crippen molar-refractivity contribution in [2.45, 2.75) is 18.7 Å². The van der Waals surface area contributed by atoms with Gasteiger partial charge >= 0.3 is 0 Å². The van der Waals surface area contributed by atoms with Crippen molar-refractivity contribution in [3.63, 3.8) is 0 Å². The molecule has 1 fully saturated rings. The molecule has 1 aliphatic rings.